The highest BCUT2D eigenvalue weighted by Gasteiger charge is 2.25. The Hall–Kier alpha value is -0.440. The lowest BCUT2D eigenvalue weighted by atomic mass is 9.99. The van der Waals surface area contributed by atoms with Gasteiger partial charge in [0.05, 0.1) is 27.9 Å². The summed E-state index contributed by atoms with van der Waals surface area (Å²) in [5, 5.41) is 4.78. The smallest absolute Gasteiger partial charge is 0.0721 e. The molecule has 2 atom stereocenters. The molecule has 1 aliphatic rings. The van der Waals surface area contributed by atoms with Gasteiger partial charge in [-0.05, 0) is 38.8 Å². The van der Waals surface area contributed by atoms with Crippen LogP contribution in [0.25, 0.3) is 0 Å². The lowest BCUT2D eigenvalue weighted by Crippen LogP contribution is -2.37. The van der Waals surface area contributed by atoms with Crippen LogP contribution >= 0.6 is 23.2 Å². The summed E-state index contributed by atoms with van der Waals surface area (Å²) in [6, 6.07) is 5.92. The Bertz CT molecular complexity index is 367. The molecule has 4 heteroatoms. The zero-order chi connectivity index (χ0) is 12.4. The van der Waals surface area contributed by atoms with Crippen molar-refractivity contribution in [3.63, 3.8) is 0 Å². The molecule has 1 aromatic carbocycles. The van der Waals surface area contributed by atoms with E-state index in [0.29, 0.717) is 16.1 Å². The molecule has 94 valence electrons. The molecule has 1 fully saturated rings. The maximum Gasteiger partial charge on any atom is 0.0721 e. The van der Waals surface area contributed by atoms with Crippen molar-refractivity contribution in [2.24, 2.45) is 0 Å². The fourth-order valence-electron chi connectivity index (χ4n) is 2.36. The van der Waals surface area contributed by atoms with E-state index in [9.17, 15) is 0 Å². The number of ether oxygens (including phenoxy) is 1. The summed E-state index contributed by atoms with van der Waals surface area (Å²) in [5.41, 5.74) is 0.835. The lowest BCUT2D eigenvalue weighted by molar-refractivity contribution is -0.0337. The first-order valence-electron chi connectivity index (χ1n) is 5.92. The van der Waals surface area contributed by atoms with Crippen LogP contribution in [-0.4, -0.2) is 18.2 Å². The molecule has 2 nitrogen and oxygen atoms in total. The minimum absolute atomic E-state index is 0.275. The van der Waals surface area contributed by atoms with E-state index < -0.39 is 0 Å². The number of rotatable bonds is 2. The topological polar surface area (TPSA) is 21.3 Å². The molecule has 0 bridgehead atoms. The van der Waals surface area contributed by atoms with E-state index >= 15 is 0 Å². The number of halogens is 2. The Morgan fingerprint density at radius 2 is 1.65 bits per heavy atom. The number of benzene rings is 1. The van der Waals surface area contributed by atoms with Crippen LogP contribution < -0.4 is 5.32 Å². The van der Waals surface area contributed by atoms with Gasteiger partial charge in [-0.2, -0.15) is 0 Å². The first-order valence-corrected chi connectivity index (χ1v) is 6.68. The van der Waals surface area contributed by atoms with E-state index in [1.807, 2.05) is 18.2 Å². The van der Waals surface area contributed by atoms with Crippen molar-refractivity contribution in [3.8, 4) is 0 Å². The van der Waals surface area contributed by atoms with Crippen molar-refractivity contribution in [3.05, 3.63) is 28.2 Å². The molecular formula is C13H17Cl2NO. The summed E-state index contributed by atoms with van der Waals surface area (Å²) in [6.45, 7) is 4.19. The van der Waals surface area contributed by atoms with Gasteiger partial charge in [-0.25, -0.2) is 0 Å². The average Bonchev–Trinajstić information content (AvgIpc) is 2.22. The molecular weight excluding hydrogens is 257 g/mol. The van der Waals surface area contributed by atoms with Gasteiger partial charge >= 0.3 is 0 Å². The van der Waals surface area contributed by atoms with Gasteiger partial charge < -0.3 is 10.1 Å². The zero-order valence-electron chi connectivity index (χ0n) is 10.0. The molecule has 1 N–H and O–H groups in total. The molecule has 0 aromatic heterocycles. The SMILES string of the molecule is CC1CC(Nc2c(Cl)cccc2Cl)CC(C)O1. The Balaban J connectivity index is 2.10. The first-order chi connectivity index (χ1) is 8.06. The Labute approximate surface area is 112 Å². The first kappa shape index (κ1) is 13.0. The predicted molar refractivity (Wildman–Crippen MR) is 73.1 cm³/mol. The maximum absolute atomic E-state index is 6.14. The van der Waals surface area contributed by atoms with E-state index in [0.717, 1.165) is 18.5 Å². The minimum Gasteiger partial charge on any atom is -0.380 e. The second-order valence-corrected chi connectivity index (χ2v) is 5.48. The quantitative estimate of drug-likeness (QED) is 0.865. The summed E-state index contributed by atoms with van der Waals surface area (Å²) < 4.78 is 5.71. The molecule has 2 unspecified atom stereocenters. The number of anilines is 1. The van der Waals surface area contributed by atoms with Crippen LogP contribution in [0, 0.1) is 0 Å². The van der Waals surface area contributed by atoms with Crippen LogP contribution in [0.3, 0.4) is 0 Å². The van der Waals surface area contributed by atoms with Gasteiger partial charge in [0.25, 0.3) is 0 Å². The van der Waals surface area contributed by atoms with Crippen LogP contribution in [0.2, 0.25) is 10.0 Å². The normalized spacial score (nSPS) is 29.1. The van der Waals surface area contributed by atoms with Crippen molar-refractivity contribution in [1.82, 2.24) is 0 Å². The van der Waals surface area contributed by atoms with E-state index in [-0.39, 0.29) is 12.2 Å². The fraction of sp³-hybridized carbons (Fsp3) is 0.538. The van der Waals surface area contributed by atoms with E-state index in [2.05, 4.69) is 19.2 Å². The third kappa shape index (κ3) is 3.27. The van der Waals surface area contributed by atoms with Gasteiger partial charge in [-0.1, -0.05) is 29.3 Å². The van der Waals surface area contributed by atoms with Gasteiger partial charge in [0, 0.05) is 6.04 Å². The summed E-state index contributed by atoms with van der Waals surface area (Å²) >= 11 is 12.3. The molecule has 0 aliphatic carbocycles. The van der Waals surface area contributed by atoms with E-state index in [1.165, 1.54) is 0 Å². The number of hydrogen-bond donors (Lipinski definition) is 1. The molecule has 1 aromatic rings. The standard InChI is InChI=1S/C13H17Cl2NO/c1-8-6-10(7-9(2)17-8)16-13-11(14)4-3-5-12(13)15/h3-5,8-10,16H,6-7H2,1-2H3. The molecule has 17 heavy (non-hydrogen) atoms. The highest BCUT2D eigenvalue weighted by atomic mass is 35.5. The maximum atomic E-state index is 6.14. The van der Waals surface area contributed by atoms with Crippen molar-refractivity contribution in [2.75, 3.05) is 5.32 Å². The molecule has 2 rings (SSSR count). The fourth-order valence-corrected chi connectivity index (χ4v) is 2.87. The number of para-hydroxylation sites is 1. The molecule has 0 radical (unpaired) electrons. The van der Waals surface area contributed by atoms with Gasteiger partial charge in [-0.15, -0.1) is 0 Å². The van der Waals surface area contributed by atoms with E-state index in [1.54, 1.807) is 0 Å². The predicted octanol–water partition coefficient (Wildman–Crippen LogP) is 4.36. The van der Waals surface area contributed by atoms with Gasteiger partial charge in [0.15, 0.2) is 0 Å². The van der Waals surface area contributed by atoms with E-state index in [4.69, 9.17) is 27.9 Å². The van der Waals surface area contributed by atoms with Crippen LogP contribution in [0.4, 0.5) is 5.69 Å². The van der Waals surface area contributed by atoms with Crippen molar-refractivity contribution in [2.45, 2.75) is 44.9 Å². The lowest BCUT2D eigenvalue weighted by Gasteiger charge is -2.33. The van der Waals surface area contributed by atoms with Crippen LogP contribution in [0.1, 0.15) is 26.7 Å². The van der Waals surface area contributed by atoms with Crippen LogP contribution in [0.5, 0.6) is 0 Å². The van der Waals surface area contributed by atoms with Gasteiger partial charge in [0.1, 0.15) is 0 Å². The van der Waals surface area contributed by atoms with Crippen LogP contribution in [0.15, 0.2) is 18.2 Å². The highest BCUT2D eigenvalue weighted by Crippen LogP contribution is 2.32. The monoisotopic (exact) mass is 273 g/mol. The summed E-state index contributed by atoms with van der Waals surface area (Å²) in [4.78, 5) is 0. The third-order valence-corrected chi connectivity index (χ3v) is 3.64. The number of hydrogen-bond acceptors (Lipinski definition) is 2. The molecule has 1 aliphatic heterocycles. The average molecular weight is 274 g/mol. The Morgan fingerprint density at radius 1 is 1.12 bits per heavy atom. The molecule has 0 saturated carbocycles. The zero-order valence-corrected chi connectivity index (χ0v) is 11.6. The summed E-state index contributed by atoms with van der Waals surface area (Å²) in [7, 11) is 0. The van der Waals surface area contributed by atoms with Crippen molar-refractivity contribution >= 4 is 28.9 Å². The molecule has 1 heterocycles. The molecule has 0 spiro atoms. The van der Waals surface area contributed by atoms with Crippen molar-refractivity contribution in [1.29, 1.82) is 0 Å². The largest absolute Gasteiger partial charge is 0.380 e. The third-order valence-electron chi connectivity index (χ3n) is 3.01. The second kappa shape index (κ2) is 5.47. The second-order valence-electron chi connectivity index (χ2n) is 4.67. The van der Waals surface area contributed by atoms with Crippen molar-refractivity contribution < 1.29 is 4.74 Å². The Morgan fingerprint density at radius 3 is 2.18 bits per heavy atom. The summed E-state index contributed by atoms with van der Waals surface area (Å²) in [5.74, 6) is 0. The Kier molecular flexibility index (Phi) is 4.18. The summed E-state index contributed by atoms with van der Waals surface area (Å²) in [6.07, 6.45) is 2.51. The number of nitrogens with one attached hydrogen (secondary N) is 1. The van der Waals surface area contributed by atoms with Gasteiger partial charge in [-0.3, -0.25) is 0 Å². The molecule has 0 amide bonds. The highest BCUT2D eigenvalue weighted by molar-refractivity contribution is 6.39. The van der Waals surface area contributed by atoms with Gasteiger partial charge in [0.2, 0.25) is 0 Å². The van der Waals surface area contributed by atoms with Crippen LogP contribution in [-0.2, 0) is 4.74 Å². The minimum atomic E-state index is 0.275. The molecule has 1 saturated heterocycles.